The molecule has 3 aromatic carbocycles. The Hall–Kier alpha value is -3.92. The van der Waals surface area contributed by atoms with E-state index in [-0.39, 0.29) is 29.2 Å². The van der Waals surface area contributed by atoms with Crippen LogP contribution in [0.15, 0.2) is 71.6 Å². The molecule has 3 aromatic rings. The largest absolute Gasteiger partial charge is 0.378 e. The Balaban J connectivity index is 1.66. The minimum atomic E-state index is -3.88. The molecule has 9 nitrogen and oxygen atoms in total. The predicted octanol–water partition coefficient (Wildman–Crippen LogP) is 3.85. The molecule has 0 fully saturated rings. The average molecular weight is 469 g/mol. The molecule has 0 radical (unpaired) electrons. The zero-order valence-corrected chi connectivity index (χ0v) is 19.0. The molecule has 0 bridgehead atoms. The average Bonchev–Trinajstić information content (AvgIpc) is 2.76. The highest BCUT2D eigenvalue weighted by Gasteiger charge is 2.18. The molecule has 0 saturated carbocycles. The number of rotatable bonds is 9. The summed E-state index contributed by atoms with van der Waals surface area (Å²) < 4.78 is 28.1. The van der Waals surface area contributed by atoms with Crippen molar-refractivity contribution >= 4 is 33.0 Å². The summed E-state index contributed by atoms with van der Waals surface area (Å²) in [6.45, 7) is 4.01. The number of nitrogens with zero attached hydrogens (tertiary/aromatic N) is 1. The minimum Gasteiger partial charge on any atom is -0.378 e. The van der Waals surface area contributed by atoms with Gasteiger partial charge in [0, 0.05) is 30.4 Å². The number of hydrogen-bond donors (Lipinski definition) is 3. The Morgan fingerprint density at radius 1 is 0.970 bits per heavy atom. The van der Waals surface area contributed by atoms with Crippen LogP contribution in [0.25, 0.3) is 0 Å². The lowest BCUT2D eigenvalue weighted by molar-refractivity contribution is -0.384. The summed E-state index contributed by atoms with van der Waals surface area (Å²) >= 11 is 0. The van der Waals surface area contributed by atoms with Gasteiger partial charge in [0.1, 0.15) is 5.69 Å². The molecule has 0 aromatic heterocycles. The van der Waals surface area contributed by atoms with E-state index in [9.17, 15) is 23.3 Å². The van der Waals surface area contributed by atoms with Gasteiger partial charge in [0.15, 0.2) is 0 Å². The molecule has 0 saturated heterocycles. The second-order valence-electron chi connectivity index (χ2n) is 7.41. The molecule has 0 heterocycles. The van der Waals surface area contributed by atoms with Crippen molar-refractivity contribution in [3.63, 3.8) is 0 Å². The fraction of sp³-hybridized carbons (Fsp3) is 0.174. The number of nitro benzene ring substituents is 1. The van der Waals surface area contributed by atoms with Gasteiger partial charge in [-0.05, 0) is 55.3 Å². The van der Waals surface area contributed by atoms with Crippen LogP contribution in [0.4, 0.5) is 17.1 Å². The van der Waals surface area contributed by atoms with Crippen molar-refractivity contribution in [2.45, 2.75) is 18.7 Å². The van der Waals surface area contributed by atoms with E-state index >= 15 is 0 Å². The Morgan fingerprint density at radius 2 is 1.73 bits per heavy atom. The lowest BCUT2D eigenvalue weighted by Crippen LogP contribution is -2.29. The highest BCUT2D eigenvalue weighted by atomic mass is 32.2. The lowest BCUT2D eigenvalue weighted by atomic mass is 10.1. The van der Waals surface area contributed by atoms with E-state index in [4.69, 9.17) is 0 Å². The van der Waals surface area contributed by atoms with Crippen LogP contribution in [-0.2, 0) is 10.0 Å². The fourth-order valence-electron chi connectivity index (χ4n) is 3.19. The van der Waals surface area contributed by atoms with Crippen molar-refractivity contribution in [3.8, 4) is 0 Å². The van der Waals surface area contributed by atoms with Crippen molar-refractivity contribution in [1.29, 1.82) is 0 Å². The summed E-state index contributed by atoms with van der Waals surface area (Å²) in [6, 6.07) is 17.5. The van der Waals surface area contributed by atoms with Crippen molar-refractivity contribution in [2.75, 3.05) is 23.1 Å². The van der Waals surface area contributed by atoms with E-state index in [1.54, 1.807) is 49.4 Å². The van der Waals surface area contributed by atoms with E-state index < -0.39 is 20.9 Å². The number of carbonyl (C=O) groups excluding carboxylic acids is 1. The van der Waals surface area contributed by atoms with E-state index in [1.165, 1.54) is 18.2 Å². The van der Waals surface area contributed by atoms with Gasteiger partial charge >= 0.3 is 0 Å². The molecule has 33 heavy (non-hydrogen) atoms. The summed E-state index contributed by atoms with van der Waals surface area (Å²) in [7, 11) is -3.88. The Labute approximate surface area is 192 Å². The first kappa shape index (κ1) is 23.7. The number of benzene rings is 3. The molecule has 0 spiro atoms. The minimum absolute atomic E-state index is 0.0298. The normalized spacial score (nSPS) is 11.0. The summed E-state index contributed by atoms with van der Waals surface area (Å²) in [5, 5.41) is 16.7. The van der Waals surface area contributed by atoms with Crippen molar-refractivity contribution in [1.82, 2.24) is 5.32 Å². The van der Waals surface area contributed by atoms with Gasteiger partial charge in [0.2, 0.25) is 0 Å². The van der Waals surface area contributed by atoms with Crippen LogP contribution in [0.2, 0.25) is 0 Å². The molecule has 0 unspecified atom stereocenters. The maximum absolute atomic E-state index is 12.8. The van der Waals surface area contributed by atoms with Crippen LogP contribution in [0.1, 0.15) is 21.5 Å². The van der Waals surface area contributed by atoms with Gasteiger partial charge < -0.3 is 10.6 Å². The molecule has 0 aliphatic heterocycles. The standard InChI is InChI=1S/C23H24N4O5S/c1-16-6-5-7-18(14-16)26-33(31,32)19-11-10-17(2)20(15-19)23(28)25-13-12-24-21-8-3-4-9-22(21)27(29)30/h3-11,14-15,24,26H,12-13H2,1-2H3,(H,25,28). The third kappa shape index (κ3) is 6.07. The molecule has 1 amide bonds. The zero-order valence-electron chi connectivity index (χ0n) is 18.2. The van der Waals surface area contributed by atoms with Gasteiger partial charge in [-0.25, -0.2) is 8.42 Å². The molecule has 172 valence electrons. The fourth-order valence-corrected chi connectivity index (χ4v) is 4.26. The van der Waals surface area contributed by atoms with E-state index in [1.807, 2.05) is 13.0 Å². The molecular weight excluding hydrogens is 444 g/mol. The summed E-state index contributed by atoms with van der Waals surface area (Å²) in [5.41, 5.74) is 2.49. The molecule has 3 N–H and O–H groups in total. The number of aryl methyl sites for hydroxylation is 2. The summed E-state index contributed by atoms with van der Waals surface area (Å²) in [5.74, 6) is -0.440. The van der Waals surface area contributed by atoms with Gasteiger partial charge in [0.25, 0.3) is 21.6 Å². The summed E-state index contributed by atoms with van der Waals surface area (Å²) in [6.07, 6.45) is 0. The van der Waals surface area contributed by atoms with Crippen LogP contribution in [0.5, 0.6) is 0 Å². The van der Waals surface area contributed by atoms with E-state index in [2.05, 4.69) is 15.4 Å². The van der Waals surface area contributed by atoms with Gasteiger partial charge in [-0.15, -0.1) is 0 Å². The highest BCUT2D eigenvalue weighted by Crippen LogP contribution is 2.23. The number of sulfonamides is 1. The first-order chi connectivity index (χ1) is 15.7. The third-order valence-electron chi connectivity index (χ3n) is 4.86. The van der Waals surface area contributed by atoms with Crippen LogP contribution in [-0.4, -0.2) is 32.3 Å². The smallest absolute Gasteiger partial charge is 0.292 e. The number of amides is 1. The van der Waals surface area contributed by atoms with Gasteiger partial charge in [0.05, 0.1) is 9.82 Å². The lowest BCUT2D eigenvalue weighted by Gasteiger charge is -2.12. The van der Waals surface area contributed by atoms with E-state index in [0.717, 1.165) is 5.56 Å². The molecule has 0 aliphatic carbocycles. The monoisotopic (exact) mass is 468 g/mol. The first-order valence-corrected chi connectivity index (χ1v) is 11.6. The highest BCUT2D eigenvalue weighted by molar-refractivity contribution is 7.92. The zero-order chi connectivity index (χ0) is 24.0. The Bertz CT molecular complexity index is 1290. The number of nitro groups is 1. The quantitative estimate of drug-likeness (QED) is 0.248. The summed E-state index contributed by atoms with van der Waals surface area (Å²) in [4.78, 5) is 23.2. The van der Waals surface area contributed by atoms with Gasteiger partial charge in [-0.1, -0.05) is 30.3 Å². The van der Waals surface area contributed by atoms with Crippen molar-refractivity contribution in [3.05, 3.63) is 93.5 Å². The van der Waals surface area contributed by atoms with Gasteiger partial charge in [-0.3, -0.25) is 19.6 Å². The number of hydrogen-bond acceptors (Lipinski definition) is 6. The topological polar surface area (TPSA) is 130 Å². The third-order valence-corrected chi connectivity index (χ3v) is 6.24. The maximum atomic E-state index is 12.8. The maximum Gasteiger partial charge on any atom is 0.292 e. The Kier molecular flexibility index (Phi) is 7.29. The van der Waals surface area contributed by atoms with Crippen LogP contribution in [0, 0.1) is 24.0 Å². The molecule has 10 heteroatoms. The SMILES string of the molecule is Cc1cccc(NS(=O)(=O)c2ccc(C)c(C(=O)NCCNc3ccccc3[N+](=O)[O-])c2)c1. The van der Waals surface area contributed by atoms with Crippen LogP contribution >= 0.6 is 0 Å². The molecule has 0 aliphatic rings. The number of anilines is 2. The number of nitrogens with one attached hydrogen (secondary N) is 3. The van der Waals surface area contributed by atoms with Gasteiger partial charge in [-0.2, -0.15) is 0 Å². The van der Waals surface area contributed by atoms with Crippen LogP contribution in [0.3, 0.4) is 0 Å². The molecular formula is C23H24N4O5S. The second-order valence-corrected chi connectivity index (χ2v) is 9.09. The second kappa shape index (κ2) is 10.1. The van der Waals surface area contributed by atoms with Crippen LogP contribution < -0.4 is 15.4 Å². The van der Waals surface area contributed by atoms with Crippen molar-refractivity contribution in [2.24, 2.45) is 0 Å². The first-order valence-electron chi connectivity index (χ1n) is 10.1. The Morgan fingerprint density at radius 3 is 2.45 bits per heavy atom. The number of para-hydroxylation sites is 2. The molecule has 3 rings (SSSR count). The number of carbonyl (C=O) groups is 1. The molecule has 0 atom stereocenters. The van der Waals surface area contributed by atoms with Crippen molar-refractivity contribution < 1.29 is 18.1 Å². The predicted molar refractivity (Wildman–Crippen MR) is 127 cm³/mol. The van der Waals surface area contributed by atoms with E-state index in [0.29, 0.717) is 16.9 Å².